The molecule has 0 unspecified atom stereocenters. The van der Waals surface area contributed by atoms with Gasteiger partial charge in [-0.25, -0.2) is 14.6 Å². The largest absolute Gasteiger partial charge is 0.476 e. The minimum atomic E-state index is -0.265. The van der Waals surface area contributed by atoms with Gasteiger partial charge in [0.1, 0.15) is 16.9 Å². The summed E-state index contributed by atoms with van der Waals surface area (Å²) in [4.78, 5) is 20.3. The van der Waals surface area contributed by atoms with Crippen LogP contribution in [-0.4, -0.2) is 44.7 Å². The van der Waals surface area contributed by atoms with E-state index in [1.165, 1.54) is 75.9 Å². The molecule has 0 spiro atoms. The molecule has 2 heterocycles. The Labute approximate surface area is 221 Å². The lowest BCUT2D eigenvalue weighted by Crippen LogP contribution is -2.06. The predicted octanol–water partition coefficient (Wildman–Crippen LogP) is 7.21. The predicted molar refractivity (Wildman–Crippen MR) is 149 cm³/mol. The number of hydrogen-bond acceptors (Lipinski definition) is 7. The summed E-state index contributed by atoms with van der Waals surface area (Å²) in [5.74, 6) is 0.576. The molecule has 0 saturated carbocycles. The summed E-state index contributed by atoms with van der Waals surface area (Å²) in [6.45, 7) is 5.05. The van der Waals surface area contributed by atoms with Gasteiger partial charge in [-0.05, 0) is 45.4 Å². The first-order valence-electron chi connectivity index (χ1n) is 13.6. The van der Waals surface area contributed by atoms with E-state index < -0.39 is 0 Å². The number of thioether (sulfide) groups is 1. The van der Waals surface area contributed by atoms with E-state index in [0.717, 1.165) is 19.3 Å². The van der Waals surface area contributed by atoms with Gasteiger partial charge in [0, 0.05) is 7.05 Å². The maximum Gasteiger partial charge on any atom is 0.316 e. The van der Waals surface area contributed by atoms with Crippen molar-refractivity contribution in [3.8, 4) is 5.88 Å². The van der Waals surface area contributed by atoms with E-state index in [0.29, 0.717) is 35.2 Å². The van der Waals surface area contributed by atoms with Gasteiger partial charge in [0.05, 0.1) is 19.0 Å². The first kappa shape index (κ1) is 29.9. The van der Waals surface area contributed by atoms with Crippen LogP contribution >= 0.6 is 11.8 Å². The Morgan fingerprint density at radius 3 is 2.33 bits per heavy atom. The maximum absolute atomic E-state index is 11.7. The van der Waals surface area contributed by atoms with Crippen LogP contribution in [-0.2, 0) is 16.6 Å². The van der Waals surface area contributed by atoms with Gasteiger partial charge in [-0.15, -0.1) is 0 Å². The van der Waals surface area contributed by atoms with Crippen LogP contribution in [0, 0.1) is 0 Å². The van der Waals surface area contributed by atoms with Gasteiger partial charge >= 0.3 is 5.97 Å². The quantitative estimate of drug-likeness (QED) is 0.0604. The molecule has 0 fully saturated rings. The Kier molecular flexibility index (Phi) is 15.6. The van der Waals surface area contributed by atoms with Crippen molar-refractivity contribution >= 4 is 28.8 Å². The van der Waals surface area contributed by atoms with Crippen molar-refractivity contribution in [1.29, 1.82) is 0 Å². The topological polar surface area (TPSA) is 79.1 Å². The Hall–Kier alpha value is -2.35. The molecule has 0 aliphatic rings. The van der Waals surface area contributed by atoms with E-state index in [1.54, 1.807) is 11.6 Å². The molecule has 36 heavy (non-hydrogen) atoms. The third-order valence-electron chi connectivity index (χ3n) is 5.75. The Balaban J connectivity index is 1.57. The average Bonchev–Trinajstić information content (AvgIpc) is 3.20. The van der Waals surface area contributed by atoms with Gasteiger partial charge in [-0.1, -0.05) is 81.5 Å². The van der Waals surface area contributed by atoms with Crippen LogP contribution in [0.25, 0.3) is 11.0 Å². The highest BCUT2D eigenvalue weighted by molar-refractivity contribution is 8.00. The van der Waals surface area contributed by atoms with Crippen molar-refractivity contribution in [2.75, 3.05) is 19.0 Å². The second kappa shape index (κ2) is 18.9. The van der Waals surface area contributed by atoms with Crippen LogP contribution in [0.1, 0.15) is 90.9 Å². The number of aryl methyl sites for hydroxylation is 1. The molecule has 0 aromatic carbocycles. The maximum atomic E-state index is 11.7. The van der Waals surface area contributed by atoms with E-state index in [4.69, 9.17) is 9.47 Å². The summed E-state index contributed by atoms with van der Waals surface area (Å²) in [6.07, 6.45) is 25.4. The third kappa shape index (κ3) is 11.6. The fraction of sp³-hybridized carbons (Fsp3) is 0.643. The number of rotatable bonds is 20. The molecule has 0 aliphatic carbocycles. The summed E-state index contributed by atoms with van der Waals surface area (Å²) in [7, 11) is 1.84. The summed E-state index contributed by atoms with van der Waals surface area (Å²) in [5.41, 5.74) is 1.33. The van der Waals surface area contributed by atoms with Gasteiger partial charge in [-0.3, -0.25) is 4.79 Å². The second-order valence-electron chi connectivity index (χ2n) is 8.83. The van der Waals surface area contributed by atoms with Gasteiger partial charge in [0.15, 0.2) is 5.52 Å². The van der Waals surface area contributed by atoms with Crippen molar-refractivity contribution in [1.82, 2.24) is 19.7 Å². The van der Waals surface area contributed by atoms with Crippen molar-refractivity contribution in [3.63, 3.8) is 0 Å². The molecule has 0 atom stereocenters. The number of aromatic nitrogens is 4. The molecular weight excluding hydrogens is 472 g/mol. The molecule has 2 aromatic rings. The third-order valence-corrected chi connectivity index (χ3v) is 6.70. The molecule has 2 aromatic heterocycles. The van der Waals surface area contributed by atoms with Crippen molar-refractivity contribution in [2.45, 2.75) is 95.9 Å². The molecule has 0 N–H and O–H groups in total. The molecule has 0 aliphatic heterocycles. The summed E-state index contributed by atoms with van der Waals surface area (Å²) in [5, 5.41) is 5.18. The van der Waals surface area contributed by atoms with Gasteiger partial charge in [-0.2, -0.15) is 5.10 Å². The average molecular weight is 517 g/mol. The Morgan fingerprint density at radius 2 is 1.61 bits per heavy atom. The van der Waals surface area contributed by atoms with E-state index in [9.17, 15) is 4.79 Å². The number of carbonyl (C=O) groups is 1. The Bertz CT molecular complexity index is 942. The van der Waals surface area contributed by atoms with Crippen LogP contribution in [0.2, 0.25) is 0 Å². The minimum Gasteiger partial charge on any atom is -0.476 e. The number of unbranched alkanes of at least 4 members (excludes halogenated alkanes) is 9. The van der Waals surface area contributed by atoms with Gasteiger partial charge in [0.2, 0.25) is 5.88 Å². The number of hydrogen-bond donors (Lipinski definition) is 0. The smallest absolute Gasteiger partial charge is 0.316 e. The first-order chi connectivity index (χ1) is 17.7. The zero-order chi connectivity index (χ0) is 25.8. The number of esters is 1. The highest BCUT2D eigenvalue weighted by Crippen LogP contribution is 2.29. The normalized spacial score (nSPS) is 11.8. The Morgan fingerprint density at radius 1 is 0.917 bits per heavy atom. The molecule has 0 saturated heterocycles. The highest BCUT2D eigenvalue weighted by Gasteiger charge is 2.17. The lowest BCUT2D eigenvalue weighted by Gasteiger charge is -2.06. The van der Waals surface area contributed by atoms with E-state index in [-0.39, 0.29) is 11.7 Å². The molecule has 0 bridgehead atoms. The molecule has 8 heteroatoms. The van der Waals surface area contributed by atoms with Gasteiger partial charge in [0.25, 0.3) is 0 Å². The van der Waals surface area contributed by atoms with E-state index in [2.05, 4.69) is 46.3 Å². The number of carbonyl (C=O) groups excluding carboxylic acids is 1. The zero-order valence-corrected chi connectivity index (χ0v) is 23.2. The molecule has 0 amide bonds. The van der Waals surface area contributed by atoms with Crippen molar-refractivity contribution in [3.05, 3.63) is 30.6 Å². The minimum absolute atomic E-state index is 0.194. The molecule has 7 nitrogen and oxygen atoms in total. The first-order valence-corrected chi connectivity index (χ1v) is 14.5. The van der Waals surface area contributed by atoms with E-state index in [1.807, 2.05) is 7.05 Å². The number of ether oxygens (including phenoxy) is 2. The van der Waals surface area contributed by atoms with Crippen molar-refractivity contribution < 1.29 is 14.3 Å². The fourth-order valence-electron chi connectivity index (χ4n) is 3.81. The zero-order valence-electron chi connectivity index (χ0n) is 22.4. The lowest BCUT2D eigenvalue weighted by molar-refractivity contribution is -0.139. The standard InChI is InChI=1S/C28H44N4O3S/c1-4-6-7-8-9-10-11-12-13-14-15-16-17-18-19-20-21-35-28-26-25(31-32(28)3)27(30-23-29-26)36-22-24(33)34-5-2/h9-10,12-13,23H,4-8,11,14-22H2,1-3H3/b10-9+,13-12+. The number of fused-ring (bicyclic) bond motifs is 1. The van der Waals surface area contributed by atoms with Gasteiger partial charge < -0.3 is 9.47 Å². The fourth-order valence-corrected chi connectivity index (χ4v) is 4.55. The molecule has 2 rings (SSSR count). The second-order valence-corrected chi connectivity index (χ2v) is 9.80. The van der Waals surface area contributed by atoms with Crippen LogP contribution in [0.15, 0.2) is 35.7 Å². The van der Waals surface area contributed by atoms with Crippen LogP contribution in [0.5, 0.6) is 5.88 Å². The van der Waals surface area contributed by atoms with Crippen LogP contribution < -0.4 is 4.74 Å². The lowest BCUT2D eigenvalue weighted by atomic mass is 10.1. The van der Waals surface area contributed by atoms with Crippen molar-refractivity contribution in [2.24, 2.45) is 7.05 Å². The van der Waals surface area contributed by atoms with Crippen LogP contribution in [0.3, 0.4) is 0 Å². The van der Waals surface area contributed by atoms with Crippen LogP contribution in [0.4, 0.5) is 0 Å². The molecule has 0 radical (unpaired) electrons. The van der Waals surface area contributed by atoms with E-state index >= 15 is 0 Å². The monoisotopic (exact) mass is 516 g/mol. The summed E-state index contributed by atoms with van der Waals surface area (Å²) in [6, 6.07) is 0. The number of allylic oxidation sites excluding steroid dienone is 4. The number of nitrogens with zero attached hydrogens (tertiary/aromatic N) is 4. The SMILES string of the molecule is CCCCC/C=C/C/C=C/CCCCCCCCOc1c2ncnc(SCC(=O)OCC)c2nn1C. The summed E-state index contributed by atoms with van der Waals surface area (Å²) < 4.78 is 12.7. The molecule has 200 valence electrons. The molecular formula is C28H44N4O3S. The highest BCUT2D eigenvalue weighted by atomic mass is 32.2. The summed E-state index contributed by atoms with van der Waals surface area (Å²) >= 11 is 1.31.